The van der Waals surface area contributed by atoms with Crippen molar-refractivity contribution in [3.05, 3.63) is 45.4 Å². The van der Waals surface area contributed by atoms with E-state index in [2.05, 4.69) is 56.4 Å². The van der Waals surface area contributed by atoms with Gasteiger partial charge in [-0.25, -0.2) is 9.98 Å². The van der Waals surface area contributed by atoms with Crippen LogP contribution in [0.1, 0.15) is 23.2 Å². The maximum atomic E-state index is 6.12. The van der Waals surface area contributed by atoms with Crippen LogP contribution in [-0.4, -0.2) is 61.7 Å². The summed E-state index contributed by atoms with van der Waals surface area (Å²) in [6.07, 6.45) is 3.00. The standard InChI is InChI=1S/C21H31ClN6S.HI/c1-3-23-21(26-16-20-25-15-17(2)29-20)24-8-5-9-27-10-12-28(13-11-27)19-7-4-6-18(22)14-19;/h4,6-7,14-15H,3,5,8-13,16H2,1-2H3,(H2,23,24,26);1H. The van der Waals surface area contributed by atoms with Crippen LogP contribution in [0.15, 0.2) is 35.5 Å². The van der Waals surface area contributed by atoms with Crippen LogP contribution in [0.25, 0.3) is 0 Å². The minimum Gasteiger partial charge on any atom is -0.369 e. The van der Waals surface area contributed by atoms with Gasteiger partial charge in [0.1, 0.15) is 5.01 Å². The summed E-state index contributed by atoms with van der Waals surface area (Å²) in [6, 6.07) is 8.14. The van der Waals surface area contributed by atoms with Crippen molar-refractivity contribution in [2.24, 2.45) is 4.99 Å². The Balaban J connectivity index is 0.00000320. The molecule has 0 saturated carbocycles. The first kappa shape index (κ1) is 25.2. The van der Waals surface area contributed by atoms with Crippen molar-refractivity contribution in [1.29, 1.82) is 0 Å². The Morgan fingerprint density at radius 1 is 1.23 bits per heavy atom. The fourth-order valence-electron chi connectivity index (χ4n) is 3.37. The van der Waals surface area contributed by atoms with E-state index in [1.165, 1.54) is 10.6 Å². The van der Waals surface area contributed by atoms with Gasteiger partial charge in [-0.05, 0) is 45.0 Å². The van der Waals surface area contributed by atoms with E-state index >= 15 is 0 Å². The molecule has 0 atom stereocenters. The maximum absolute atomic E-state index is 6.12. The summed E-state index contributed by atoms with van der Waals surface area (Å²) >= 11 is 7.82. The third kappa shape index (κ3) is 8.20. The number of guanidine groups is 1. The molecule has 1 aromatic carbocycles. The van der Waals surface area contributed by atoms with Gasteiger partial charge in [-0.1, -0.05) is 17.7 Å². The maximum Gasteiger partial charge on any atom is 0.191 e. The van der Waals surface area contributed by atoms with Crippen LogP contribution in [-0.2, 0) is 6.54 Å². The topological polar surface area (TPSA) is 55.8 Å². The van der Waals surface area contributed by atoms with Crippen molar-refractivity contribution in [1.82, 2.24) is 20.5 Å². The van der Waals surface area contributed by atoms with Crippen molar-refractivity contribution in [3.8, 4) is 0 Å². The van der Waals surface area contributed by atoms with Crippen LogP contribution >= 0.6 is 46.9 Å². The fourth-order valence-corrected chi connectivity index (χ4v) is 4.27. The van der Waals surface area contributed by atoms with E-state index in [4.69, 9.17) is 11.6 Å². The van der Waals surface area contributed by atoms with Crippen LogP contribution in [0.4, 0.5) is 5.69 Å². The highest BCUT2D eigenvalue weighted by Gasteiger charge is 2.16. The Kier molecular flexibility index (Phi) is 11.2. The van der Waals surface area contributed by atoms with E-state index in [-0.39, 0.29) is 24.0 Å². The molecule has 1 aliphatic heterocycles. The van der Waals surface area contributed by atoms with Crippen LogP contribution in [0.5, 0.6) is 0 Å². The van der Waals surface area contributed by atoms with Gasteiger partial charge in [0.2, 0.25) is 0 Å². The Hall–Kier alpha value is -1.10. The molecule has 0 aliphatic carbocycles. The second kappa shape index (κ2) is 13.3. The molecule has 0 spiro atoms. The van der Waals surface area contributed by atoms with Crippen molar-refractivity contribution in [3.63, 3.8) is 0 Å². The van der Waals surface area contributed by atoms with Crippen LogP contribution in [0, 0.1) is 6.92 Å². The molecule has 2 heterocycles. The van der Waals surface area contributed by atoms with Crippen molar-refractivity contribution >= 4 is 58.6 Å². The zero-order valence-electron chi connectivity index (χ0n) is 17.7. The molecule has 6 nitrogen and oxygen atoms in total. The number of benzene rings is 1. The first-order valence-corrected chi connectivity index (χ1v) is 11.5. The zero-order chi connectivity index (χ0) is 20.5. The summed E-state index contributed by atoms with van der Waals surface area (Å²) in [6.45, 7) is 11.9. The van der Waals surface area contributed by atoms with Crippen LogP contribution in [0.3, 0.4) is 0 Å². The first-order valence-electron chi connectivity index (χ1n) is 10.3. The van der Waals surface area contributed by atoms with Gasteiger partial charge >= 0.3 is 0 Å². The van der Waals surface area contributed by atoms with Gasteiger partial charge in [-0.2, -0.15) is 0 Å². The number of hydrogen-bond acceptors (Lipinski definition) is 5. The predicted molar refractivity (Wildman–Crippen MR) is 140 cm³/mol. The molecule has 3 rings (SSSR count). The van der Waals surface area contributed by atoms with E-state index in [1.807, 2.05) is 18.3 Å². The lowest BCUT2D eigenvalue weighted by Crippen LogP contribution is -2.47. The minimum atomic E-state index is 0. The fraction of sp³-hybridized carbons (Fsp3) is 0.524. The lowest BCUT2D eigenvalue weighted by atomic mass is 10.2. The number of thiazole rings is 1. The number of halogens is 2. The van der Waals surface area contributed by atoms with Crippen molar-refractivity contribution < 1.29 is 0 Å². The molecular formula is C21H32ClIN6S. The molecule has 1 saturated heterocycles. The van der Waals surface area contributed by atoms with Gasteiger partial charge < -0.3 is 15.5 Å². The quantitative estimate of drug-likeness (QED) is 0.221. The van der Waals surface area contributed by atoms with Crippen LogP contribution < -0.4 is 15.5 Å². The predicted octanol–water partition coefficient (Wildman–Crippen LogP) is 3.99. The average molecular weight is 563 g/mol. The molecular weight excluding hydrogens is 531 g/mol. The number of aryl methyl sites for hydroxylation is 1. The zero-order valence-corrected chi connectivity index (χ0v) is 21.6. The molecule has 1 fully saturated rings. The number of aliphatic imine (C=N–C) groups is 1. The molecule has 0 unspecified atom stereocenters. The number of aromatic nitrogens is 1. The monoisotopic (exact) mass is 562 g/mol. The minimum absolute atomic E-state index is 0. The lowest BCUT2D eigenvalue weighted by molar-refractivity contribution is 0.255. The van der Waals surface area contributed by atoms with Crippen LogP contribution in [0.2, 0.25) is 5.02 Å². The van der Waals surface area contributed by atoms with Crippen molar-refractivity contribution in [2.45, 2.75) is 26.8 Å². The summed E-state index contributed by atoms with van der Waals surface area (Å²) in [5.74, 6) is 0.867. The Morgan fingerprint density at radius 2 is 2.03 bits per heavy atom. The summed E-state index contributed by atoms with van der Waals surface area (Å²) in [4.78, 5) is 15.2. The van der Waals surface area contributed by atoms with Gasteiger partial charge in [0.05, 0.1) is 6.54 Å². The van der Waals surface area contributed by atoms with E-state index in [9.17, 15) is 0 Å². The number of nitrogens with one attached hydrogen (secondary N) is 2. The summed E-state index contributed by atoms with van der Waals surface area (Å²) in [7, 11) is 0. The van der Waals surface area contributed by atoms with Crippen molar-refractivity contribution in [2.75, 3.05) is 50.7 Å². The molecule has 166 valence electrons. The SMILES string of the molecule is CCNC(=NCc1ncc(C)s1)NCCCN1CCN(c2cccc(Cl)c2)CC1.I. The number of hydrogen-bond donors (Lipinski definition) is 2. The number of anilines is 1. The molecule has 1 aromatic heterocycles. The third-order valence-electron chi connectivity index (χ3n) is 4.88. The number of rotatable bonds is 8. The van der Waals surface area contributed by atoms with Gasteiger partial charge in [-0.15, -0.1) is 35.3 Å². The summed E-state index contributed by atoms with van der Waals surface area (Å²) < 4.78 is 0. The van der Waals surface area contributed by atoms with E-state index < -0.39 is 0 Å². The molecule has 0 bridgehead atoms. The smallest absolute Gasteiger partial charge is 0.191 e. The highest BCUT2D eigenvalue weighted by atomic mass is 127. The van der Waals surface area contributed by atoms with Gasteiger partial charge in [0.25, 0.3) is 0 Å². The summed E-state index contributed by atoms with van der Waals surface area (Å²) in [5, 5.41) is 8.61. The third-order valence-corrected chi connectivity index (χ3v) is 6.01. The largest absolute Gasteiger partial charge is 0.369 e. The Labute approximate surface area is 206 Å². The van der Waals surface area contributed by atoms with Gasteiger partial charge in [0.15, 0.2) is 5.96 Å². The second-order valence-electron chi connectivity index (χ2n) is 7.15. The van der Waals surface area contributed by atoms with E-state index in [1.54, 1.807) is 11.3 Å². The molecule has 0 radical (unpaired) electrons. The van der Waals surface area contributed by atoms with E-state index in [0.29, 0.717) is 6.54 Å². The lowest BCUT2D eigenvalue weighted by Gasteiger charge is -2.36. The normalized spacial score (nSPS) is 15.0. The molecule has 2 N–H and O–H groups in total. The molecule has 30 heavy (non-hydrogen) atoms. The van der Waals surface area contributed by atoms with Gasteiger partial charge in [0, 0.05) is 61.1 Å². The number of piperazine rings is 1. The summed E-state index contributed by atoms with van der Waals surface area (Å²) in [5.41, 5.74) is 1.22. The number of nitrogens with zero attached hydrogens (tertiary/aromatic N) is 4. The average Bonchev–Trinajstić information content (AvgIpc) is 3.15. The Bertz CT molecular complexity index is 791. The highest BCUT2D eigenvalue weighted by Crippen LogP contribution is 2.20. The van der Waals surface area contributed by atoms with Gasteiger partial charge in [-0.3, -0.25) is 4.90 Å². The first-order chi connectivity index (χ1) is 14.1. The molecule has 2 aromatic rings. The molecule has 9 heteroatoms. The molecule has 1 aliphatic rings. The highest BCUT2D eigenvalue weighted by molar-refractivity contribution is 14.0. The molecule has 0 amide bonds. The second-order valence-corrected chi connectivity index (χ2v) is 8.90. The van der Waals surface area contributed by atoms with E-state index in [0.717, 1.165) is 68.2 Å². The Morgan fingerprint density at radius 3 is 2.70 bits per heavy atom.